The third-order valence-electron chi connectivity index (χ3n) is 2.37. The first-order valence-electron chi connectivity index (χ1n) is 5.71. The minimum Gasteiger partial charge on any atom is -0.508 e. The molecule has 0 saturated heterocycles. The molecule has 2 aromatic carbocycles. The van der Waals surface area contributed by atoms with Crippen LogP contribution < -0.4 is 4.74 Å². The van der Waals surface area contributed by atoms with Crippen molar-refractivity contribution in [2.75, 3.05) is 0 Å². The van der Waals surface area contributed by atoms with Crippen LogP contribution >= 0.6 is 0 Å². The topological polar surface area (TPSA) is 29.5 Å². The molecule has 0 bridgehead atoms. The molecule has 0 aliphatic carbocycles. The highest BCUT2D eigenvalue weighted by Crippen LogP contribution is 2.29. The molecule has 0 aliphatic rings. The summed E-state index contributed by atoms with van der Waals surface area (Å²) in [4.78, 5) is 0. The van der Waals surface area contributed by atoms with E-state index in [1.807, 2.05) is 50.2 Å². The molecule has 1 N–H and O–H groups in total. The normalized spacial score (nSPS) is 10.5. The minimum absolute atomic E-state index is 0.0976. The van der Waals surface area contributed by atoms with Crippen LogP contribution in [0.3, 0.4) is 0 Å². The van der Waals surface area contributed by atoms with Crippen molar-refractivity contribution < 1.29 is 9.84 Å². The van der Waals surface area contributed by atoms with E-state index in [2.05, 4.69) is 0 Å². The Morgan fingerprint density at radius 2 is 1.65 bits per heavy atom. The number of hydrogen-bond donors (Lipinski definition) is 1. The molecule has 2 aromatic rings. The van der Waals surface area contributed by atoms with Gasteiger partial charge < -0.3 is 9.84 Å². The van der Waals surface area contributed by atoms with Gasteiger partial charge in [0.25, 0.3) is 0 Å². The second-order valence-corrected chi connectivity index (χ2v) is 4.25. The maximum Gasteiger partial charge on any atom is 0.123 e. The van der Waals surface area contributed by atoms with Crippen LogP contribution in [0.4, 0.5) is 0 Å². The van der Waals surface area contributed by atoms with Gasteiger partial charge in [0.2, 0.25) is 0 Å². The lowest BCUT2D eigenvalue weighted by atomic mass is 10.1. The number of phenolic OH excluding ortho intramolecular Hbond substituents is 1. The number of rotatable bonds is 3. The van der Waals surface area contributed by atoms with Crippen molar-refractivity contribution in [1.29, 1.82) is 0 Å². The van der Waals surface area contributed by atoms with Crippen LogP contribution in [0.1, 0.15) is 13.8 Å². The number of hydrogen-bond acceptors (Lipinski definition) is 2. The molecule has 0 atom stereocenters. The fraction of sp³-hybridized carbons (Fsp3) is 0.200. The molecule has 2 nitrogen and oxygen atoms in total. The van der Waals surface area contributed by atoms with Gasteiger partial charge in [-0.25, -0.2) is 0 Å². The molecule has 2 heteroatoms. The van der Waals surface area contributed by atoms with Crippen LogP contribution in [0, 0.1) is 0 Å². The lowest BCUT2D eigenvalue weighted by Crippen LogP contribution is -2.05. The maximum atomic E-state index is 9.69. The smallest absolute Gasteiger partial charge is 0.123 e. The van der Waals surface area contributed by atoms with E-state index in [0.29, 0.717) is 5.75 Å². The van der Waals surface area contributed by atoms with E-state index in [0.717, 1.165) is 11.1 Å². The van der Waals surface area contributed by atoms with Gasteiger partial charge in [0.05, 0.1) is 6.10 Å². The van der Waals surface area contributed by atoms with Gasteiger partial charge in [-0.2, -0.15) is 0 Å². The summed E-state index contributed by atoms with van der Waals surface area (Å²) in [5.74, 6) is 0.917. The van der Waals surface area contributed by atoms with Gasteiger partial charge in [0.15, 0.2) is 0 Å². The third kappa shape index (κ3) is 3.00. The predicted molar refractivity (Wildman–Crippen MR) is 69.3 cm³/mol. The van der Waals surface area contributed by atoms with Gasteiger partial charge in [-0.3, -0.25) is 0 Å². The minimum atomic E-state index is 0.0976. The first-order chi connectivity index (χ1) is 8.15. The second-order valence-electron chi connectivity index (χ2n) is 4.25. The van der Waals surface area contributed by atoms with Gasteiger partial charge in [-0.1, -0.05) is 30.3 Å². The third-order valence-corrected chi connectivity index (χ3v) is 2.37. The van der Waals surface area contributed by atoms with Crippen molar-refractivity contribution in [3.8, 4) is 22.6 Å². The van der Waals surface area contributed by atoms with E-state index >= 15 is 0 Å². The van der Waals surface area contributed by atoms with Crippen molar-refractivity contribution in [3.63, 3.8) is 0 Å². The van der Waals surface area contributed by atoms with Crippen LogP contribution in [0.2, 0.25) is 0 Å². The van der Waals surface area contributed by atoms with Crippen molar-refractivity contribution >= 4 is 0 Å². The molecular weight excluding hydrogens is 212 g/mol. The average Bonchev–Trinajstić information content (AvgIpc) is 2.28. The molecule has 88 valence electrons. The predicted octanol–water partition coefficient (Wildman–Crippen LogP) is 3.85. The highest BCUT2D eigenvalue weighted by molar-refractivity contribution is 5.66. The highest BCUT2D eigenvalue weighted by atomic mass is 16.5. The zero-order valence-electron chi connectivity index (χ0n) is 10.1. The summed E-state index contributed by atoms with van der Waals surface area (Å²) < 4.78 is 5.60. The average molecular weight is 228 g/mol. The Morgan fingerprint density at radius 1 is 0.941 bits per heavy atom. The highest BCUT2D eigenvalue weighted by Gasteiger charge is 2.04. The van der Waals surface area contributed by atoms with Crippen molar-refractivity contribution in [2.45, 2.75) is 20.0 Å². The van der Waals surface area contributed by atoms with Gasteiger partial charge >= 0.3 is 0 Å². The molecule has 0 aromatic heterocycles. The number of ether oxygens (including phenoxy) is 1. The molecule has 0 aliphatic heterocycles. The largest absolute Gasteiger partial charge is 0.508 e. The first-order valence-corrected chi connectivity index (χ1v) is 5.71. The van der Waals surface area contributed by atoms with E-state index in [1.165, 1.54) is 0 Å². The molecule has 2 rings (SSSR count). The summed E-state index contributed by atoms with van der Waals surface area (Å²) in [6.07, 6.45) is 0.0976. The zero-order valence-corrected chi connectivity index (χ0v) is 10.1. The van der Waals surface area contributed by atoms with Crippen LogP contribution in [-0.4, -0.2) is 11.2 Å². The van der Waals surface area contributed by atoms with Gasteiger partial charge in [0.1, 0.15) is 11.5 Å². The Hall–Kier alpha value is -1.96. The molecule has 0 amide bonds. The molecule has 0 radical (unpaired) electrons. The molecule has 17 heavy (non-hydrogen) atoms. The second kappa shape index (κ2) is 4.91. The van der Waals surface area contributed by atoms with E-state index < -0.39 is 0 Å². The van der Waals surface area contributed by atoms with Crippen LogP contribution in [0.15, 0.2) is 48.5 Å². The van der Waals surface area contributed by atoms with Crippen LogP contribution in [-0.2, 0) is 0 Å². The molecule has 0 spiro atoms. The molecule has 0 heterocycles. The molecular formula is C15H16O2. The number of aromatic hydroxyl groups is 1. The molecule has 0 saturated carbocycles. The zero-order chi connectivity index (χ0) is 12.3. The fourth-order valence-electron chi connectivity index (χ4n) is 1.72. The summed E-state index contributed by atoms with van der Waals surface area (Å²) in [5.41, 5.74) is 2.03. The summed E-state index contributed by atoms with van der Waals surface area (Å²) in [5, 5.41) is 9.69. The monoisotopic (exact) mass is 228 g/mol. The van der Waals surface area contributed by atoms with Gasteiger partial charge in [-0.05, 0) is 37.1 Å². The Kier molecular flexibility index (Phi) is 3.33. The Bertz CT molecular complexity index is 490. The number of benzene rings is 2. The summed E-state index contributed by atoms with van der Waals surface area (Å²) in [6, 6.07) is 15.2. The summed E-state index contributed by atoms with van der Waals surface area (Å²) in [6.45, 7) is 3.93. The van der Waals surface area contributed by atoms with Gasteiger partial charge in [-0.15, -0.1) is 0 Å². The standard InChI is InChI=1S/C15H16O2/c1-11(2)17-15-9-13(8-14(16)10-15)12-6-4-3-5-7-12/h3-11,16H,1-2H3. The summed E-state index contributed by atoms with van der Waals surface area (Å²) in [7, 11) is 0. The number of phenols is 1. The Balaban J connectivity index is 2.38. The maximum absolute atomic E-state index is 9.69. The van der Waals surface area contributed by atoms with Crippen molar-refractivity contribution in [2.24, 2.45) is 0 Å². The SMILES string of the molecule is CC(C)Oc1cc(O)cc(-c2ccccc2)c1. The van der Waals surface area contributed by atoms with Gasteiger partial charge in [0, 0.05) is 6.07 Å². The van der Waals surface area contributed by atoms with E-state index in [1.54, 1.807) is 12.1 Å². The quantitative estimate of drug-likeness (QED) is 0.864. The van der Waals surface area contributed by atoms with E-state index in [9.17, 15) is 5.11 Å². The lowest BCUT2D eigenvalue weighted by Gasteiger charge is -2.11. The Labute approximate surface area is 101 Å². The van der Waals surface area contributed by atoms with E-state index in [-0.39, 0.29) is 11.9 Å². The van der Waals surface area contributed by atoms with E-state index in [4.69, 9.17) is 4.74 Å². The molecule has 0 fully saturated rings. The van der Waals surface area contributed by atoms with Crippen LogP contribution in [0.5, 0.6) is 11.5 Å². The first kappa shape index (κ1) is 11.5. The van der Waals surface area contributed by atoms with Crippen LogP contribution in [0.25, 0.3) is 11.1 Å². The fourth-order valence-corrected chi connectivity index (χ4v) is 1.72. The van der Waals surface area contributed by atoms with Crippen molar-refractivity contribution in [3.05, 3.63) is 48.5 Å². The van der Waals surface area contributed by atoms with Crippen molar-refractivity contribution in [1.82, 2.24) is 0 Å². The Morgan fingerprint density at radius 3 is 2.29 bits per heavy atom. The molecule has 0 unspecified atom stereocenters. The lowest BCUT2D eigenvalue weighted by molar-refractivity contribution is 0.241. The summed E-state index contributed by atoms with van der Waals surface area (Å²) >= 11 is 0.